The van der Waals surface area contributed by atoms with Crippen molar-refractivity contribution in [2.24, 2.45) is 5.73 Å². The standard InChI is InChI=1S/C17H28N2/c1-4-6-13(2)19(3)17(12-18)16-8-5-7-15(11-16)14-9-10-14/h5,7-8,11,13-14,17H,4,6,9-10,12,18H2,1-3H3. The van der Waals surface area contributed by atoms with Crippen molar-refractivity contribution in [2.45, 2.75) is 57.5 Å². The van der Waals surface area contributed by atoms with Gasteiger partial charge in [-0.25, -0.2) is 0 Å². The summed E-state index contributed by atoms with van der Waals surface area (Å²) in [4.78, 5) is 2.44. The molecule has 1 fully saturated rings. The maximum atomic E-state index is 6.04. The molecule has 0 amide bonds. The van der Waals surface area contributed by atoms with Crippen LogP contribution in [-0.2, 0) is 0 Å². The van der Waals surface area contributed by atoms with Crippen molar-refractivity contribution < 1.29 is 0 Å². The fourth-order valence-corrected chi connectivity index (χ4v) is 2.90. The Labute approximate surface area is 118 Å². The maximum Gasteiger partial charge on any atom is 0.0470 e. The first kappa shape index (κ1) is 14.5. The lowest BCUT2D eigenvalue weighted by Crippen LogP contribution is -2.37. The lowest BCUT2D eigenvalue weighted by molar-refractivity contribution is 0.179. The second-order valence-electron chi connectivity index (χ2n) is 6.00. The quantitative estimate of drug-likeness (QED) is 0.810. The number of likely N-dealkylation sites (N-methyl/N-ethyl adjacent to an activating group) is 1. The number of benzene rings is 1. The van der Waals surface area contributed by atoms with E-state index in [0.29, 0.717) is 18.6 Å². The fraction of sp³-hybridized carbons (Fsp3) is 0.647. The van der Waals surface area contributed by atoms with E-state index >= 15 is 0 Å². The zero-order valence-electron chi connectivity index (χ0n) is 12.6. The monoisotopic (exact) mass is 260 g/mol. The highest BCUT2D eigenvalue weighted by atomic mass is 15.2. The molecule has 19 heavy (non-hydrogen) atoms. The minimum Gasteiger partial charge on any atom is -0.329 e. The first-order chi connectivity index (χ1) is 9.17. The molecular weight excluding hydrogens is 232 g/mol. The van der Waals surface area contributed by atoms with Crippen LogP contribution in [0.2, 0.25) is 0 Å². The van der Waals surface area contributed by atoms with E-state index in [0.717, 1.165) is 5.92 Å². The van der Waals surface area contributed by atoms with Crippen molar-refractivity contribution >= 4 is 0 Å². The highest BCUT2D eigenvalue weighted by Crippen LogP contribution is 2.40. The fourth-order valence-electron chi connectivity index (χ4n) is 2.90. The van der Waals surface area contributed by atoms with Crippen LogP contribution in [0.5, 0.6) is 0 Å². The van der Waals surface area contributed by atoms with Gasteiger partial charge in [0.2, 0.25) is 0 Å². The molecule has 0 saturated heterocycles. The third-order valence-electron chi connectivity index (χ3n) is 4.46. The van der Waals surface area contributed by atoms with Crippen molar-refractivity contribution in [3.05, 3.63) is 35.4 Å². The van der Waals surface area contributed by atoms with E-state index in [1.165, 1.54) is 36.8 Å². The van der Waals surface area contributed by atoms with Gasteiger partial charge >= 0.3 is 0 Å². The van der Waals surface area contributed by atoms with Crippen LogP contribution in [0.1, 0.15) is 62.6 Å². The lowest BCUT2D eigenvalue weighted by atomic mass is 9.99. The lowest BCUT2D eigenvalue weighted by Gasteiger charge is -2.33. The molecule has 0 aromatic heterocycles. The molecule has 1 aliphatic carbocycles. The molecule has 2 rings (SSSR count). The minimum atomic E-state index is 0.347. The van der Waals surface area contributed by atoms with E-state index in [1.807, 2.05) is 0 Å². The Balaban J connectivity index is 2.13. The summed E-state index contributed by atoms with van der Waals surface area (Å²) in [6.45, 7) is 5.24. The van der Waals surface area contributed by atoms with Gasteiger partial charge in [0.05, 0.1) is 0 Å². The maximum absolute atomic E-state index is 6.04. The highest BCUT2D eigenvalue weighted by molar-refractivity contribution is 5.31. The van der Waals surface area contributed by atoms with Crippen molar-refractivity contribution in [3.63, 3.8) is 0 Å². The third kappa shape index (κ3) is 3.58. The van der Waals surface area contributed by atoms with Gasteiger partial charge in [-0.3, -0.25) is 4.90 Å². The van der Waals surface area contributed by atoms with E-state index in [9.17, 15) is 0 Å². The van der Waals surface area contributed by atoms with Crippen molar-refractivity contribution in [1.29, 1.82) is 0 Å². The Morgan fingerprint density at radius 1 is 1.37 bits per heavy atom. The Morgan fingerprint density at radius 2 is 2.11 bits per heavy atom. The molecule has 2 unspecified atom stereocenters. The number of rotatable bonds is 7. The molecule has 0 aliphatic heterocycles. The molecule has 2 N–H and O–H groups in total. The number of hydrogen-bond donors (Lipinski definition) is 1. The summed E-state index contributed by atoms with van der Waals surface area (Å²) < 4.78 is 0. The van der Waals surface area contributed by atoms with Crippen LogP contribution in [0.4, 0.5) is 0 Å². The summed E-state index contributed by atoms with van der Waals surface area (Å²) in [5.74, 6) is 0.816. The summed E-state index contributed by atoms with van der Waals surface area (Å²) in [5.41, 5.74) is 8.93. The van der Waals surface area contributed by atoms with Crippen LogP contribution in [0.25, 0.3) is 0 Å². The molecule has 2 heteroatoms. The van der Waals surface area contributed by atoms with Crippen LogP contribution in [0.15, 0.2) is 24.3 Å². The van der Waals surface area contributed by atoms with Crippen LogP contribution in [-0.4, -0.2) is 24.5 Å². The Morgan fingerprint density at radius 3 is 2.68 bits per heavy atom. The minimum absolute atomic E-state index is 0.347. The van der Waals surface area contributed by atoms with Crippen molar-refractivity contribution in [1.82, 2.24) is 4.90 Å². The second-order valence-corrected chi connectivity index (χ2v) is 6.00. The number of nitrogens with zero attached hydrogens (tertiary/aromatic N) is 1. The summed E-state index contributed by atoms with van der Waals surface area (Å²) >= 11 is 0. The summed E-state index contributed by atoms with van der Waals surface area (Å²) in [5, 5.41) is 0. The summed E-state index contributed by atoms with van der Waals surface area (Å²) in [6, 6.07) is 10.0. The molecule has 0 bridgehead atoms. The Hall–Kier alpha value is -0.860. The average Bonchev–Trinajstić information content (AvgIpc) is 3.24. The molecule has 1 aromatic carbocycles. The molecule has 2 atom stereocenters. The molecule has 1 saturated carbocycles. The van der Waals surface area contributed by atoms with Gasteiger partial charge in [0.25, 0.3) is 0 Å². The number of hydrogen-bond acceptors (Lipinski definition) is 2. The molecule has 0 radical (unpaired) electrons. The molecular formula is C17H28N2. The zero-order chi connectivity index (χ0) is 13.8. The van der Waals surface area contributed by atoms with Gasteiger partial charge < -0.3 is 5.73 Å². The molecule has 1 aliphatic rings. The topological polar surface area (TPSA) is 29.3 Å². The first-order valence-corrected chi connectivity index (χ1v) is 7.69. The van der Waals surface area contributed by atoms with E-state index in [4.69, 9.17) is 5.73 Å². The van der Waals surface area contributed by atoms with Gasteiger partial charge in [-0.05, 0) is 50.3 Å². The molecule has 0 heterocycles. The average molecular weight is 260 g/mol. The van der Waals surface area contributed by atoms with Gasteiger partial charge in [0.15, 0.2) is 0 Å². The largest absolute Gasteiger partial charge is 0.329 e. The number of nitrogens with two attached hydrogens (primary N) is 1. The predicted octanol–water partition coefficient (Wildman–Crippen LogP) is 3.68. The normalized spacial score (nSPS) is 18.6. The molecule has 2 nitrogen and oxygen atoms in total. The van der Waals surface area contributed by atoms with Gasteiger partial charge in [0, 0.05) is 18.6 Å². The Bertz CT molecular complexity index is 398. The third-order valence-corrected chi connectivity index (χ3v) is 4.46. The molecule has 106 valence electrons. The van der Waals surface area contributed by atoms with E-state index in [1.54, 1.807) is 0 Å². The molecule has 0 spiro atoms. The van der Waals surface area contributed by atoms with E-state index < -0.39 is 0 Å². The summed E-state index contributed by atoms with van der Waals surface area (Å²) in [6.07, 6.45) is 5.18. The highest BCUT2D eigenvalue weighted by Gasteiger charge is 2.25. The van der Waals surface area contributed by atoms with Gasteiger partial charge in [-0.2, -0.15) is 0 Å². The molecule has 1 aromatic rings. The first-order valence-electron chi connectivity index (χ1n) is 7.69. The summed E-state index contributed by atoms with van der Waals surface area (Å²) in [7, 11) is 2.21. The van der Waals surface area contributed by atoms with E-state index in [-0.39, 0.29) is 0 Å². The Kier molecular flexibility index (Phi) is 5.00. The van der Waals surface area contributed by atoms with Crippen molar-refractivity contribution in [2.75, 3.05) is 13.6 Å². The SMILES string of the molecule is CCCC(C)N(C)C(CN)c1cccc(C2CC2)c1. The van der Waals surface area contributed by atoms with Crippen LogP contribution in [0.3, 0.4) is 0 Å². The second kappa shape index (κ2) is 6.53. The van der Waals surface area contributed by atoms with Crippen LogP contribution < -0.4 is 5.73 Å². The van der Waals surface area contributed by atoms with Crippen LogP contribution in [0, 0.1) is 0 Å². The smallest absolute Gasteiger partial charge is 0.0470 e. The van der Waals surface area contributed by atoms with Crippen LogP contribution >= 0.6 is 0 Å². The predicted molar refractivity (Wildman–Crippen MR) is 82.3 cm³/mol. The van der Waals surface area contributed by atoms with Crippen molar-refractivity contribution in [3.8, 4) is 0 Å². The van der Waals surface area contributed by atoms with Gasteiger partial charge in [-0.1, -0.05) is 37.6 Å². The van der Waals surface area contributed by atoms with Gasteiger partial charge in [-0.15, -0.1) is 0 Å². The van der Waals surface area contributed by atoms with E-state index in [2.05, 4.69) is 50.1 Å². The van der Waals surface area contributed by atoms with Gasteiger partial charge in [0.1, 0.15) is 0 Å². The zero-order valence-corrected chi connectivity index (χ0v) is 12.6.